The highest BCUT2D eigenvalue weighted by Gasteiger charge is 2.22. The minimum atomic E-state index is -0.758. The number of carbonyl (C=O) groups is 1. The number of aromatic nitrogens is 5. The van der Waals surface area contributed by atoms with Crippen LogP contribution in [0, 0.1) is 6.92 Å². The maximum atomic E-state index is 12.6. The van der Waals surface area contributed by atoms with E-state index >= 15 is 0 Å². The third-order valence-electron chi connectivity index (χ3n) is 4.26. The molecular weight excluding hydrogens is 358 g/mol. The molecule has 0 radical (unpaired) electrons. The lowest BCUT2D eigenvalue weighted by atomic mass is 10.2. The molecule has 0 saturated heterocycles. The van der Waals surface area contributed by atoms with Crippen LogP contribution in [-0.2, 0) is 4.74 Å². The zero-order chi connectivity index (χ0) is 19.7. The van der Waals surface area contributed by atoms with E-state index in [1.165, 1.54) is 4.80 Å². The van der Waals surface area contributed by atoms with Gasteiger partial charge in [0.15, 0.2) is 17.6 Å². The standard InChI is InChI=1S/C20H17N5O3/c1-12-17(24-25(23-12)14-8-4-3-5-9-14)20(27)28-13(2)18-21-16-11-7-6-10-15(16)19(26)22-18/h3-11,13H,1-2H3,(H,21,22,26)/t13-/m0/s1. The minimum absolute atomic E-state index is 0.110. The van der Waals surface area contributed by atoms with Crippen molar-refractivity contribution in [1.29, 1.82) is 0 Å². The fraction of sp³-hybridized carbons (Fsp3) is 0.150. The summed E-state index contributed by atoms with van der Waals surface area (Å²) in [4.78, 5) is 33.2. The summed E-state index contributed by atoms with van der Waals surface area (Å²) in [5.74, 6) is -0.367. The van der Waals surface area contributed by atoms with Crippen LogP contribution in [0.1, 0.15) is 35.0 Å². The van der Waals surface area contributed by atoms with Crippen molar-refractivity contribution in [3.63, 3.8) is 0 Å². The van der Waals surface area contributed by atoms with E-state index in [1.807, 2.05) is 30.3 Å². The van der Waals surface area contributed by atoms with Gasteiger partial charge in [0.25, 0.3) is 5.56 Å². The van der Waals surface area contributed by atoms with Crippen molar-refractivity contribution in [2.75, 3.05) is 0 Å². The van der Waals surface area contributed by atoms with Gasteiger partial charge >= 0.3 is 5.97 Å². The predicted molar refractivity (Wildman–Crippen MR) is 102 cm³/mol. The Balaban J connectivity index is 1.59. The van der Waals surface area contributed by atoms with Crippen LogP contribution in [0.2, 0.25) is 0 Å². The number of para-hydroxylation sites is 2. The summed E-state index contributed by atoms with van der Waals surface area (Å²) in [6, 6.07) is 16.2. The summed E-state index contributed by atoms with van der Waals surface area (Å²) in [6.07, 6.45) is -0.758. The second-order valence-corrected chi connectivity index (χ2v) is 6.27. The van der Waals surface area contributed by atoms with Crippen LogP contribution in [0.5, 0.6) is 0 Å². The Kier molecular flexibility index (Phi) is 4.44. The number of benzene rings is 2. The molecule has 1 N–H and O–H groups in total. The molecule has 2 aromatic carbocycles. The van der Waals surface area contributed by atoms with Crippen molar-refractivity contribution in [2.45, 2.75) is 20.0 Å². The Hall–Kier alpha value is -3.81. The molecule has 2 heterocycles. The number of ether oxygens (including phenoxy) is 1. The number of carbonyl (C=O) groups excluding carboxylic acids is 1. The third-order valence-corrected chi connectivity index (χ3v) is 4.26. The Bertz CT molecular complexity index is 1210. The highest BCUT2D eigenvalue weighted by molar-refractivity contribution is 5.88. The van der Waals surface area contributed by atoms with Crippen molar-refractivity contribution < 1.29 is 9.53 Å². The van der Waals surface area contributed by atoms with Gasteiger partial charge in [-0.15, -0.1) is 5.10 Å². The van der Waals surface area contributed by atoms with E-state index in [0.29, 0.717) is 16.6 Å². The number of H-pyrrole nitrogens is 1. The van der Waals surface area contributed by atoms with Crippen LogP contribution in [-0.4, -0.2) is 30.9 Å². The summed E-state index contributed by atoms with van der Waals surface area (Å²) in [6.45, 7) is 3.33. The molecule has 0 saturated carbocycles. The number of rotatable bonds is 4. The molecule has 0 amide bonds. The zero-order valence-corrected chi connectivity index (χ0v) is 15.3. The molecule has 0 aliphatic carbocycles. The first-order valence-electron chi connectivity index (χ1n) is 8.72. The first kappa shape index (κ1) is 17.6. The van der Waals surface area contributed by atoms with Gasteiger partial charge in [-0.2, -0.15) is 9.90 Å². The van der Waals surface area contributed by atoms with Crippen LogP contribution in [0.25, 0.3) is 16.6 Å². The van der Waals surface area contributed by atoms with E-state index in [4.69, 9.17) is 4.74 Å². The third kappa shape index (κ3) is 3.27. The van der Waals surface area contributed by atoms with Crippen molar-refractivity contribution in [3.8, 4) is 5.69 Å². The summed E-state index contributed by atoms with van der Waals surface area (Å²) < 4.78 is 5.47. The monoisotopic (exact) mass is 375 g/mol. The lowest BCUT2D eigenvalue weighted by Gasteiger charge is -2.12. The van der Waals surface area contributed by atoms with Gasteiger partial charge in [0.2, 0.25) is 0 Å². The van der Waals surface area contributed by atoms with Crippen LogP contribution >= 0.6 is 0 Å². The Labute approximate surface area is 159 Å². The molecule has 0 unspecified atom stereocenters. The maximum absolute atomic E-state index is 12.6. The van der Waals surface area contributed by atoms with Gasteiger partial charge in [0.05, 0.1) is 22.3 Å². The highest BCUT2D eigenvalue weighted by Crippen LogP contribution is 2.17. The number of hydrogen-bond donors (Lipinski definition) is 1. The molecule has 0 spiro atoms. The molecule has 4 rings (SSSR count). The van der Waals surface area contributed by atoms with E-state index < -0.39 is 12.1 Å². The molecule has 140 valence electrons. The van der Waals surface area contributed by atoms with Crippen molar-refractivity contribution in [3.05, 3.63) is 82.2 Å². The van der Waals surface area contributed by atoms with Gasteiger partial charge in [-0.05, 0) is 38.1 Å². The number of fused-ring (bicyclic) bond motifs is 1. The Morgan fingerprint density at radius 3 is 2.57 bits per heavy atom. The highest BCUT2D eigenvalue weighted by atomic mass is 16.5. The molecule has 28 heavy (non-hydrogen) atoms. The average molecular weight is 375 g/mol. The van der Waals surface area contributed by atoms with Gasteiger partial charge in [-0.25, -0.2) is 9.78 Å². The molecule has 0 aliphatic rings. The van der Waals surface area contributed by atoms with Crippen molar-refractivity contribution in [2.24, 2.45) is 0 Å². The number of nitrogens with zero attached hydrogens (tertiary/aromatic N) is 4. The van der Waals surface area contributed by atoms with Crippen LogP contribution in [0.15, 0.2) is 59.4 Å². The second kappa shape index (κ2) is 7.07. The van der Waals surface area contributed by atoms with Gasteiger partial charge in [-0.1, -0.05) is 30.3 Å². The summed E-state index contributed by atoms with van der Waals surface area (Å²) in [7, 11) is 0. The van der Waals surface area contributed by atoms with Gasteiger partial charge in [0, 0.05) is 0 Å². The van der Waals surface area contributed by atoms with E-state index in [0.717, 1.165) is 5.69 Å². The zero-order valence-electron chi connectivity index (χ0n) is 15.3. The number of hydrogen-bond acceptors (Lipinski definition) is 6. The largest absolute Gasteiger partial charge is 0.450 e. The lowest BCUT2D eigenvalue weighted by Crippen LogP contribution is -2.18. The molecule has 8 nitrogen and oxygen atoms in total. The molecule has 4 aromatic rings. The van der Waals surface area contributed by atoms with Crippen molar-refractivity contribution in [1.82, 2.24) is 25.0 Å². The minimum Gasteiger partial charge on any atom is -0.450 e. The van der Waals surface area contributed by atoms with Gasteiger partial charge in [0.1, 0.15) is 0 Å². The number of nitrogens with one attached hydrogen (secondary N) is 1. The molecule has 1 atom stereocenters. The van der Waals surface area contributed by atoms with Gasteiger partial charge in [-0.3, -0.25) is 4.79 Å². The number of aromatic amines is 1. The smallest absolute Gasteiger partial charge is 0.361 e. The normalized spacial score (nSPS) is 12.1. The molecule has 0 fully saturated rings. The van der Waals surface area contributed by atoms with Crippen LogP contribution in [0.4, 0.5) is 0 Å². The van der Waals surface area contributed by atoms with E-state index in [2.05, 4.69) is 20.2 Å². The summed E-state index contributed by atoms with van der Waals surface area (Å²) in [5.41, 5.74) is 1.54. The topological polar surface area (TPSA) is 103 Å². The quantitative estimate of drug-likeness (QED) is 0.550. The van der Waals surface area contributed by atoms with E-state index in [1.54, 1.807) is 38.1 Å². The van der Waals surface area contributed by atoms with Gasteiger partial charge < -0.3 is 9.72 Å². The second-order valence-electron chi connectivity index (χ2n) is 6.27. The summed E-state index contributed by atoms with van der Waals surface area (Å²) >= 11 is 0. The van der Waals surface area contributed by atoms with Crippen molar-refractivity contribution >= 4 is 16.9 Å². The molecule has 0 bridgehead atoms. The first-order valence-corrected chi connectivity index (χ1v) is 8.72. The SMILES string of the molecule is Cc1nn(-c2ccccc2)nc1C(=O)O[C@@H](C)c1nc2ccccc2c(=O)[nH]1. The van der Waals surface area contributed by atoms with Crippen LogP contribution < -0.4 is 5.56 Å². The molecule has 8 heteroatoms. The fourth-order valence-corrected chi connectivity index (χ4v) is 2.81. The van der Waals surface area contributed by atoms with E-state index in [9.17, 15) is 9.59 Å². The van der Waals surface area contributed by atoms with Crippen LogP contribution in [0.3, 0.4) is 0 Å². The average Bonchev–Trinajstić information content (AvgIpc) is 3.10. The van der Waals surface area contributed by atoms with E-state index in [-0.39, 0.29) is 17.1 Å². The Morgan fingerprint density at radius 1 is 1.07 bits per heavy atom. The molecular formula is C20H17N5O3. The molecule has 2 aromatic heterocycles. The lowest BCUT2D eigenvalue weighted by molar-refractivity contribution is 0.0311. The predicted octanol–water partition coefficient (Wildman–Crippen LogP) is 2.73. The maximum Gasteiger partial charge on any atom is 0.361 e. The number of esters is 1. The first-order chi connectivity index (χ1) is 13.5. The molecule has 0 aliphatic heterocycles. The summed E-state index contributed by atoms with van der Waals surface area (Å²) in [5, 5.41) is 8.98. The fourth-order valence-electron chi connectivity index (χ4n) is 2.81. The number of aryl methyl sites for hydroxylation is 1. The Morgan fingerprint density at radius 2 is 1.79 bits per heavy atom.